The lowest BCUT2D eigenvalue weighted by Gasteiger charge is -2.27. The number of ether oxygens (including phenoxy) is 4. The van der Waals surface area contributed by atoms with Crippen LogP contribution in [-0.2, 0) is 19.0 Å². The van der Waals surface area contributed by atoms with E-state index in [2.05, 4.69) is 33.9 Å². The Morgan fingerprint density at radius 1 is 1.19 bits per heavy atom. The molecule has 8 nitrogen and oxygen atoms in total. The number of hydrogen-bond donors (Lipinski definition) is 3. The van der Waals surface area contributed by atoms with Crippen molar-refractivity contribution in [3.05, 3.63) is 52.5 Å². The normalized spacial score (nSPS) is 12.5. The zero-order valence-electron chi connectivity index (χ0n) is 17.7. The highest BCUT2D eigenvalue weighted by Gasteiger charge is 2.29. The van der Waals surface area contributed by atoms with Crippen molar-refractivity contribution in [1.29, 1.82) is 0 Å². The molecule has 2 atom stereocenters. The van der Waals surface area contributed by atoms with Gasteiger partial charge in [-0.25, -0.2) is 4.79 Å². The molecule has 0 fully saturated rings. The van der Waals surface area contributed by atoms with Gasteiger partial charge in [-0.15, -0.1) is 0 Å². The Morgan fingerprint density at radius 3 is 2.50 bits per heavy atom. The number of nitrogens with one attached hydrogen (secondary N) is 1. The van der Waals surface area contributed by atoms with Crippen LogP contribution in [0.25, 0.3) is 0 Å². The molecular formula is C22H26BrNO7S. The zero-order valence-corrected chi connectivity index (χ0v) is 20.2. The Kier molecular flexibility index (Phi) is 10.6. The maximum absolute atomic E-state index is 12.6. The number of carbonyl (C=O) groups is 2. The summed E-state index contributed by atoms with van der Waals surface area (Å²) < 4.78 is 22.6. The monoisotopic (exact) mass is 527 g/mol. The molecule has 10 heteroatoms. The second-order valence-corrected chi connectivity index (χ2v) is 7.78. The van der Waals surface area contributed by atoms with Gasteiger partial charge < -0.3 is 24.1 Å². The van der Waals surface area contributed by atoms with Crippen LogP contribution >= 0.6 is 28.6 Å². The molecule has 0 aliphatic carbocycles. The van der Waals surface area contributed by atoms with Crippen molar-refractivity contribution in [3.63, 3.8) is 0 Å². The van der Waals surface area contributed by atoms with Gasteiger partial charge in [-0.1, -0.05) is 22.0 Å². The van der Waals surface area contributed by atoms with Crippen molar-refractivity contribution in [2.75, 3.05) is 31.4 Å². The summed E-state index contributed by atoms with van der Waals surface area (Å²) in [7, 11) is 1.44. The maximum Gasteiger partial charge on any atom is 0.412 e. The number of anilines is 1. The van der Waals surface area contributed by atoms with Crippen LogP contribution in [0.4, 0.5) is 10.5 Å². The lowest BCUT2D eigenvalue weighted by atomic mass is 10.0. The molecule has 0 unspecified atom stereocenters. The van der Waals surface area contributed by atoms with Gasteiger partial charge in [-0.3, -0.25) is 10.1 Å². The molecule has 2 N–H and O–H groups in total. The van der Waals surface area contributed by atoms with Gasteiger partial charge >= 0.3 is 12.1 Å². The molecule has 2 rings (SSSR count). The van der Waals surface area contributed by atoms with Gasteiger partial charge in [0.05, 0.1) is 19.5 Å². The Balaban J connectivity index is 2.25. The average molecular weight is 528 g/mol. The lowest BCUT2D eigenvalue weighted by Crippen LogP contribution is -2.30. The first kappa shape index (κ1) is 25.8. The number of phenols is 1. The molecule has 2 aromatic carbocycles. The molecule has 0 bridgehead atoms. The third-order valence-corrected chi connectivity index (χ3v) is 5.16. The molecule has 174 valence electrons. The highest BCUT2D eigenvalue weighted by atomic mass is 79.9. The van der Waals surface area contributed by atoms with Crippen molar-refractivity contribution in [2.45, 2.75) is 25.6 Å². The summed E-state index contributed by atoms with van der Waals surface area (Å²) in [5.41, 5.74) is 1.04. The fourth-order valence-corrected chi connectivity index (χ4v) is 3.26. The van der Waals surface area contributed by atoms with Crippen LogP contribution < -0.4 is 10.1 Å². The quantitative estimate of drug-likeness (QED) is 0.287. The Morgan fingerprint density at radius 2 is 1.91 bits per heavy atom. The number of thiol groups is 1. The molecule has 0 heterocycles. The molecule has 0 saturated heterocycles. The van der Waals surface area contributed by atoms with Gasteiger partial charge in [0, 0.05) is 23.2 Å². The number of esters is 1. The molecular weight excluding hydrogens is 502 g/mol. The topological polar surface area (TPSA) is 103 Å². The number of carbonyl (C=O) groups excluding carboxylic acids is 2. The molecule has 0 saturated carbocycles. The van der Waals surface area contributed by atoms with Crippen LogP contribution in [0.3, 0.4) is 0 Å². The van der Waals surface area contributed by atoms with E-state index in [9.17, 15) is 14.7 Å². The molecule has 1 amide bonds. The van der Waals surface area contributed by atoms with Gasteiger partial charge in [-0.2, -0.15) is 12.6 Å². The first-order chi connectivity index (χ1) is 15.4. The van der Waals surface area contributed by atoms with Crippen LogP contribution in [0, 0.1) is 0 Å². The highest BCUT2D eigenvalue weighted by molar-refractivity contribution is 9.10. The van der Waals surface area contributed by atoms with Crippen LogP contribution in [0.2, 0.25) is 0 Å². The van der Waals surface area contributed by atoms with E-state index in [-0.39, 0.29) is 30.3 Å². The first-order valence-corrected chi connectivity index (χ1v) is 11.3. The summed E-state index contributed by atoms with van der Waals surface area (Å²) in [6.07, 6.45) is -1.98. The minimum Gasteiger partial charge on any atom is -0.504 e. The van der Waals surface area contributed by atoms with Gasteiger partial charge in [0.15, 0.2) is 17.6 Å². The van der Waals surface area contributed by atoms with Crippen LogP contribution in [-0.4, -0.2) is 49.3 Å². The SMILES string of the molecule is CCO[C@@H](CCOC(=O)CS)[C@@H](OC(=O)Nc1ccc(Br)cc1)c1ccc(OC)c(O)c1. The molecule has 0 aliphatic rings. The Hall–Kier alpha value is -2.43. The Labute approximate surface area is 200 Å². The lowest BCUT2D eigenvalue weighted by molar-refractivity contribution is -0.142. The van der Waals surface area contributed by atoms with Crippen molar-refractivity contribution < 1.29 is 33.6 Å². The summed E-state index contributed by atoms with van der Waals surface area (Å²) in [6, 6.07) is 11.7. The van der Waals surface area contributed by atoms with Gasteiger partial charge in [0.1, 0.15) is 6.10 Å². The van der Waals surface area contributed by atoms with E-state index in [0.717, 1.165) is 4.47 Å². The standard InChI is InChI=1S/C22H26BrNO7S/c1-3-29-19(10-11-30-20(26)13-32)21(14-4-9-18(28-2)17(25)12-14)31-22(27)24-16-7-5-15(23)6-8-16/h4-9,12,19,21,25,32H,3,10-11,13H2,1-2H3,(H,24,27)/t19-,21-/m0/s1. The summed E-state index contributed by atoms with van der Waals surface area (Å²) in [4.78, 5) is 24.1. The molecule has 0 aliphatic heterocycles. The smallest absolute Gasteiger partial charge is 0.412 e. The van der Waals surface area contributed by atoms with E-state index in [1.54, 1.807) is 43.3 Å². The fourth-order valence-electron chi connectivity index (χ4n) is 2.91. The summed E-state index contributed by atoms with van der Waals surface area (Å²) in [6.45, 7) is 2.19. The van der Waals surface area contributed by atoms with E-state index < -0.39 is 24.3 Å². The van der Waals surface area contributed by atoms with Gasteiger partial charge in [0.2, 0.25) is 0 Å². The molecule has 0 radical (unpaired) electrons. The van der Waals surface area contributed by atoms with Crippen molar-refractivity contribution in [2.24, 2.45) is 0 Å². The number of benzene rings is 2. The molecule has 2 aromatic rings. The third-order valence-electron chi connectivity index (χ3n) is 4.37. The summed E-state index contributed by atoms with van der Waals surface area (Å²) >= 11 is 7.22. The predicted octanol–water partition coefficient (Wildman–Crippen LogP) is 4.72. The van der Waals surface area contributed by atoms with Gasteiger partial charge in [-0.05, 0) is 48.9 Å². The number of halogens is 1. The number of phenolic OH excluding ortho intramolecular Hbond substituents is 1. The average Bonchev–Trinajstić information content (AvgIpc) is 2.78. The van der Waals surface area contributed by atoms with Crippen LogP contribution in [0.5, 0.6) is 11.5 Å². The second kappa shape index (κ2) is 13.2. The predicted molar refractivity (Wildman–Crippen MR) is 126 cm³/mol. The van der Waals surface area contributed by atoms with Gasteiger partial charge in [0.25, 0.3) is 0 Å². The van der Waals surface area contributed by atoms with Crippen LogP contribution in [0.1, 0.15) is 25.0 Å². The zero-order chi connectivity index (χ0) is 23.5. The fraction of sp³-hybridized carbons (Fsp3) is 0.364. The van der Waals surface area contributed by atoms with E-state index in [1.807, 2.05) is 0 Å². The van der Waals surface area contributed by atoms with Crippen molar-refractivity contribution in [1.82, 2.24) is 0 Å². The molecule has 32 heavy (non-hydrogen) atoms. The second-order valence-electron chi connectivity index (χ2n) is 6.55. The van der Waals surface area contributed by atoms with Crippen molar-refractivity contribution >= 4 is 46.3 Å². The van der Waals surface area contributed by atoms with E-state index in [4.69, 9.17) is 18.9 Å². The number of rotatable bonds is 11. The number of methoxy groups -OCH3 is 1. The minimum atomic E-state index is -0.892. The number of aromatic hydroxyl groups is 1. The van der Waals surface area contributed by atoms with E-state index in [1.165, 1.54) is 13.2 Å². The molecule has 0 aromatic heterocycles. The van der Waals surface area contributed by atoms with Crippen LogP contribution in [0.15, 0.2) is 46.9 Å². The van der Waals surface area contributed by atoms with E-state index in [0.29, 0.717) is 17.9 Å². The van der Waals surface area contributed by atoms with E-state index >= 15 is 0 Å². The highest BCUT2D eigenvalue weighted by Crippen LogP contribution is 2.33. The largest absolute Gasteiger partial charge is 0.504 e. The van der Waals surface area contributed by atoms with Crippen molar-refractivity contribution in [3.8, 4) is 11.5 Å². The summed E-state index contributed by atoms with van der Waals surface area (Å²) in [5.74, 6) is -0.330. The summed E-state index contributed by atoms with van der Waals surface area (Å²) in [5, 5.41) is 12.9. The number of hydrogen-bond acceptors (Lipinski definition) is 8. The molecule has 0 spiro atoms. The maximum atomic E-state index is 12.6. The first-order valence-electron chi connectivity index (χ1n) is 9.86. The third kappa shape index (κ3) is 7.92. The minimum absolute atomic E-state index is 0.0405. The Bertz CT molecular complexity index is 894. The number of amides is 1.